The van der Waals surface area contributed by atoms with Gasteiger partial charge >= 0.3 is 0 Å². The molecular weight excluding hydrogens is 280 g/mol. The molecule has 1 aliphatic carbocycles. The van der Waals surface area contributed by atoms with Gasteiger partial charge in [0, 0.05) is 24.0 Å². The van der Waals surface area contributed by atoms with E-state index >= 15 is 0 Å². The van der Waals surface area contributed by atoms with Crippen molar-refractivity contribution in [3.8, 4) is 0 Å². The molecule has 0 radical (unpaired) electrons. The summed E-state index contributed by atoms with van der Waals surface area (Å²) in [6, 6.07) is 2.57. The highest BCUT2D eigenvalue weighted by Crippen LogP contribution is 2.31. The molecule has 1 N–H and O–H groups in total. The van der Waals surface area contributed by atoms with Crippen molar-refractivity contribution in [3.05, 3.63) is 21.4 Å². The summed E-state index contributed by atoms with van der Waals surface area (Å²) in [6.45, 7) is 1.84. The Morgan fingerprint density at radius 1 is 1.29 bits per heavy atom. The van der Waals surface area contributed by atoms with Crippen LogP contribution in [0.3, 0.4) is 0 Å². The second-order valence-corrected chi connectivity index (χ2v) is 7.46. The largest absolute Gasteiger partial charge is 0.334 e. The number of amides is 1. The van der Waals surface area contributed by atoms with Gasteiger partial charge in [0.05, 0.1) is 4.88 Å². The van der Waals surface area contributed by atoms with E-state index < -0.39 is 0 Å². The average Bonchev–Trinajstić information content (AvgIpc) is 2.78. The Hall–Kier alpha value is -0.870. The predicted octanol–water partition coefficient (Wildman–Crippen LogP) is 3.23. The lowest BCUT2D eigenvalue weighted by molar-refractivity contribution is 0.0620. The Labute approximate surface area is 131 Å². The number of carbonyl (C=O) groups excluding carboxylic acids is 1. The summed E-state index contributed by atoms with van der Waals surface area (Å²) in [4.78, 5) is 17.5. The molecule has 116 valence electrons. The first kappa shape index (κ1) is 15.0. The van der Waals surface area contributed by atoms with Crippen LogP contribution in [0, 0.1) is 0 Å². The molecule has 21 heavy (non-hydrogen) atoms. The van der Waals surface area contributed by atoms with Crippen molar-refractivity contribution in [1.29, 1.82) is 0 Å². The SMILES string of the molecule is CNCC1CCCCN1C(=O)c1cc2c(s1)CCCCC2. The number of likely N-dealkylation sites (N-methyl/N-ethyl adjacent to an activating group) is 1. The average molecular weight is 306 g/mol. The van der Waals surface area contributed by atoms with E-state index in [1.54, 1.807) is 11.3 Å². The molecule has 2 heterocycles. The van der Waals surface area contributed by atoms with Gasteiger partial charge in [-0.3, -0.25) is 4.79 Å². The van der Waals surface area contributed by atoms with Crippen LogP contribution in [0.1, 0.15) is 58.6 Å². The molecule has 2 aliphatic rings. The van der Waals surface area contributed by atoms with Crippen molar-refractivity contribution < 1.29 is 4.79 Å². The Balaban J connectivity index is 1.77. The lowest BCUT2D eigenvalue weighted by Gasteiger charge is -2.35. The molecule has 1 unspecified atom stereocenters. The molecule has 1 amide bonds. The third-order valence-electron chi connectivity index (χ3n) is 4.79. The quantitative estimate of drug-likeness (QED) is 0.870. The first-order chi connectivity index (χ1) is 10.3. The van der Waals surface area contributed by atoms with Crippen molar-refractivity contribution in [2.24, 2.45) is 0 Å². The molecule has 0 spiro atoms. The summed E-state index contributed by atoms with van der Waals surface area (Å²) in [7, 11) is 1.98. The van der Waals surface area contributed by atoms with Gasteiger partial charge in [-0.05, 0) is 63.6 Å². The second kappa shape index (κ2) is 6.93. The third kappa shape index (κ3) is 3.32. The van der Waals surface area contributed by atoms with Crippen LogP contribution >= 0.6 is 11.3 Å². The van der Waals surface area contributed by atoms with Crippen LogP contribution in [0.4, 0.5) is 0 Å². The molecule has 0 saturated carbocycles. The zero-order valence-corrected chi connectivity index (χ0v) is 13.8. The van der Waals surface area contributed by atoms with Gasteiger partial charge in [0.1, 0.15) is 0 Å². The Kier molecular flexibility index (Phi) is 4.96. The summed E-state index contributed by atoms with van der Waals surface area (Å²) in [6.07, 6.45) is 9.77. The van der Waals surface area contributed by atoms with E-state index in [9.17, 15) is 4.79 Å². The van der Waals surface area contributed by atoms with Crippen LogP contribution < -0.4 is 5.32 Å². The number of nitrogens with one attached hydrogen (secondary N) is 1. The first-order valence-electron chi connectivity index (χ1n) is 8.36. The number of aryl methyl sites for hydroxylation is 2. The molecule has 1 atom stereocenters. The van der Waals surface area contributed by atoms with E-state index in [0.717, 1.165) is 30.8 Å². The minimum absolute atomic E-state index is 0.271. The van der Waals surface area contributed by atoms with E-state index in [0.29, 0.717) is 6.04 Å². The van der Waals surface area contributed by atoms with Crippen LogP contribution in [-0.2, 0) is 12.8 Å². The Morgan fingerprint density at radius 3 is 3.00 bits per heavy atom. The number of thiophene rings is 1. The van der Waals surface area contributed by atoms with Crippen LogP contribution in [0.2, 0.25) is 0 Å². The maximum atomic E-state index is 12.9. The monoisotopic (exact) mass is 306 g/mol. The molecule has 0 bridgehead atoms. The van der Waals surface area contributed by atoms with Gasteiger partial charge in [0.15, 0.2) is 0 Å². The molecule has 1 aromatic heterocycles. The van der Waals surface area contributed by atoms with E-state index in [1.807, 2.05) is 7.05 Å². The number of hydrogen-bond donors (Lipinski definition) is 1. The molecule has 3 nitrogen and oxygen atoms in total. The van der Waals surface area contributed by atoms with Gasteiger partial charge in [-0.2, -0.15) is 0 Å². The Morgan fingerprint density at radius 2 is 2.14 bits per heavy atom. The molecule has 1 aliphatic heterocycles. The molecule has 4 heteroatoms. The molecule has 1 fully saturated rings. The van der Waals surface area contributed by atoms with E-state index in [4.69, 9.17) is 0 Å². The minimum Gasteiger partial charge on any atom is -0.334 e. The van der Waals surface area contributed by atoms with Gasteiger partial charge in [-0.15, -0.1) is 11.3 Å². The van der Waals surface area contributed by atoms with Crippen LogP contribution in [0.25, 0.3) is 0 Å². The maximum absolute atomic E-state index is 12.9. The number of rotatable bonds is 3. The number of carbonyl (C=O) groups is 1. The third-order valence-corrected chi connectivity index (χ3v) is 6.01. The smallest absolute Gasteiger partial charge is 0.264 e. The van der Waals surface area contributed by atoms with Crippen LogP contribution in [0.5, 0.6) is 0 Å². The van der Waals surface area contributed by atoms with E-state index in [2.05, 4.69) is 16.3 Å². The number of nitrogens with zero attached hydrogens (tertiary/aromatic N) is 1. The highest BCUT2D eigenvalue weighted by molar-refractivity contribution is 7.14. The lowest BCUT2D eigenvalue weighted by Crippen LogP contribution is -2.47. The maximum Gasteiger partial charge on any atom is 0.264 e. The summed E-state index contributed by atoms with van der Waals surface area (Å²) in [5.41, 5.74) is 1.45. The topological polar surface area (TPSA) is 32.3 Å². The Bertz CT molecular complexity index is 471. The highest BCUT2D eigenvalue weighted by Gasteiger charge is 2.28. The fourth-order valence-corrected chi connectivity index (χ4v) is 4.84. The molecule has 0 aromatic carbocycles. The summed E-state index contributed by atoms with van der Waals surface area (Å²) in [5.74, 6) is 0.271. The van der Waals surface area contributed by atoms with Crippen molar-refractivity contribution in [3.63, 3.8) is 0 Å². The number of likely N-dealkylation sites (tertiary alicyclic amines) is 1. The standard InChI is InChI=1S/C17H26N2OS/c1-18-12-14-8-5-6-10-19(14)17(20)16-11-13-7-3-2-4-9-15(13)21-16/h11,14,18H,2-10,12H2,1H3. The summed E-state index contributed by atoms with van der Waals surface area (Å²) >= 11 is 1.76. The highest BCUT2D eigenvalue weighted by atomic mass is 32.1. The molecule has 1 saturated heterocycles. The van der Waals surface area contributed by atoms with Crippen molar-refractivity contribution in [1.82, 2.24) is 10.2 Å². The van der Waals surface area contributed by atoms with Crippen molar-refractivity contribution >= 4 is 17.2 Å². The number of piperidine rings is 1. The van der Waals surface area contributed by atoms with Gasteiger partial charge in [0.2, 0.25) is 0 Å². The van der Waals surface area contributed by atoms with Gasteiger partial charge in [-0.1, -0.05) is 6.42 Å². The van der Waals surface area contributed by atoms with Crippen molar-refractivity contribution in [2.45, 2.75) is 57.4 Å². The summed E-state index contributed by atoms with van der Waals surface area (Å²) in [5, 5.41) is 3.24. The predicted molar refractivity (Wildman–Crippen MR) is 88.2 cm³/mol. The van der Waals surface area contributed by atoms with Gasteiger partial charge in [-0.25, -0.2) is 0 Å². The molecule has 3 rings (SSSR count). The normalized spacial score (nSPS) is 22.7. The number of hydrogen-bond acceptors (Lipinski definition) is 3. The van der Waals surface area contributed by atoms with E-state index in [1.165, 1.54) is 49.0 Å². The fraction of sp³-hybridized carbons (Fsp3) is 0.706. The van der Waals surface area contributed by atoms with Crippen LogP contribution in [-0.4, -0.2) is 37.0 Å². The number of fused-ring (bicyclic) bond motifs is 1. The van der Waals surface area contributed by atoms with E-state index in [-0.39, 0.29) is 5.91 Å². The zero-order chi connectivity index (χ0) is 14.7. The van der Waals surface area contributed by atoms with Gasteiger partial charge in [0.25, 0.3) is 5.91 Å². The first-order valence-corrected chi connectivity index (χ1v) is 9.18. The minimum atomic E-state index is 0.271. The van der Waals surface area contributed by atoms with Crippen LogP contribution in [0.15, 0.2) is 6.07 Å². The summed E-state index contributed by atoms with van der Waals surface area (Å²) < 4.78 is 0. The van der Waals surface area contributed by atoms with Gasteiger partial charge < -0.3 is 10.2 Å². The lowest BCUT2D eigenvalue weighted by atomic mass is 10.0. The second-order valence-electron chi connectivity index (χ2n) is 6.33. The molecule has 1 aromatic rings. The van der Waals surface area contributed by atoms with Crippen molar-refractivity contribution in [2.75, 3.05) is 20.1 Å². The zero-order valence-electron chi connectivity index (χ0n) is 13.0. The molecular formula is C17H26N2OS. The fourth-order valence-electron chi connectivity index (χ4n) is 3.63.